The number of tetrazole rings is 1. The highest BCUT2D eigenvalue weighted by Crippen LogP contribution is 2.69. The molecule has 0 amide bonds. The van der Waals surface area contributed by atoms with Crippen LogP contribution in [0.4, 0.5) is 0 Å². The number of H-pyrrole nitrogens is 1. The number of aliphatic hydroxyl groups is 2. The van der Waals surface area contributed by atoms with Crippen LogP contribution in [-0.4, -0.2) is 43.0 Å². The highest BCUT2D eigenvalue weighted by atomic mass is 16.3. The molecule has 33 heavy (non-hydrogen) atoms. The lowest BCUT2D eigenvalue weighted by Gasteiger charge is -2.64. The van der Waals surface area contributed by atoms with E-state index in [1.165, 1.54) is 32.1 Å². The van der Waals surface area contributed by atoms with Crippen LogP contribution in [0.3, 0.4) is 0 Å². The zero-order valence-corrected chi connectivity index (χ0v) is 21.2. The van der Waals surface area contributed by atoms with Crippen molar-refractivity contribution in [2.75, 3.05) is 0 Å². The van der Waals surface area contributed by atoms with Gasteiger partial charge in [-0.3, -0.25) is 0 Å². The van der Waals surface area contributed by atoms with E-state index in [1.54, 1.807) is 0 Å². The minimum Gasteiger partial charge on any atom is -0.393 e. The SMILES string of the molecule is CC[C@H]1[C@@H](O)[C@@H]2[C@H](CC[C@]3(C)[C@@H]([C@H](C)CCCc4nnn[nH]4)CC[C@@H]23)[C@@]2(C)CC[C@@H](O)C[C@@H]12. The van der Waals surface area contributed by atoms with E-state index in [4.69, 9.17) is 0 Å². The van der Waals surface area contributed by atoms with Crippen LogP contribution < -0.4 is 0 Å². The third-order valence-corrected chi connectivity index (χ3v) is 11.6. The van der Waals surface area contributed by atoms with Crippen LogP contribution in [0.15, 0.2) is 0 Å². The summed E-state index contributed by atoms with van der Waals surface area (Å²) in [5.74, 6) is 4.90. The normalized spacial score (nSPS) is 48.1. The second kappa shape index (κ2) is 8.89. The summed E-state index contributed by atoms with van der Waals surface area (Å²) in [6.07, 6.45) is 12.1. The molecule has 186 valence electrons. The van der Waals surface area contributed by atoms with Crippen LogP contribution in [0.25, 0.3) is 0 Å². The van der Waals surface area contributed by atoms with Crippen molar-refractivity contribution in [2.45, 2.75) is 111 Å². The summed E-state index contributed by atoms with van der Waals surface area (Å²) >= 11 is 0. The summed E-state index contributed by atoms with van der Waals surface area (Å²) in [5.41, 5.74) is 0.644. The number of aryl methyl sites for hydroxylation is 1. The average Bonchev–Trinajstić information content (AvgIpc) is 3.42. The molecule has 4 fully saturated rings. The minimum absolute atomic E-state index is 0.167. The number of aromatic nitrogens is 4. The molecule has 0 aliphatic heterocycles. The molecule has 0 spiro atoms. The molecule has 0 saturated heterocycles. The first-order chi connectivity index (χ1) is 15.8. The molecule has 0 bridgehead atoms. The van der Waals surface area contributed by atoms with E-state index >= 15 is 0 Å². The third kappa shape index (κ3) is 3.78. The number of hydrogen-bond acceptors (Lipinski definition) is 5. The lowest BCUT2D eigenvalue weighted by Crippen LogP contribution is -2.62. The maximum absolute atomic E-state index is 11.8. The summed E-state index contributed by atoms with van der Waals surface area (Å²) in [7, 11) is 0. The molecule has 1 aromatic rings. The lowest BCUT2D eigenvalue weighted by atomic mass is 9.41. The fourth-order valence-electron chi connectivity index (χ4n) is 10.0. The van der Waals surface area contributed by atoms with E-state index < -0.39 is 0 Å². The molecule has 6 heteroatoms. The monoisotopic (exact) mass is 458 g/mol. The van der Waals surface area contributed by atoms with Gasteiger partial charge >= 0.3 is 0 Å². The van der Waals surface area contributed by atoms with Gasteiger partial charge in [0.2, 0.25) is 0 Å². The van der Waals surface area contributed by atoms with Gasteiger partial charge in [0.1, 0.15) is 5.82 Å². The van der Waals surface area contributed by atoms with Crippen molar-refractivity contribution in [3.05, 3.63) is 5.82 Å². The molecular formula is C27H46N4O2. The molecule has 0 aromatic carbocycles. The molecule has 11 atom stereocenters. The molecule has 4 aliphatic carbocycles. The Morgan fingerprint density at radius 2 is 1.79 bits per heavy atom. The summed E-state index contributed by atoms with van der Waals surface area (Å²) in [5, 5.41) is 36.7. The maximum atomic E-state index is 11.8. The van der Waals surface area contributed by atoms with Crippen LogP contribution in [0.5, 0.6) is 0 Å². The number of rotatable bonds is 6. The highest BCUT2D eigenvalue weighted by molar-refractivity contribution is 5.13. The van der Waals surface area contributed by atoms with Crippen molar-refractivity contribution in [2.24, 2.45) is 52.3 Å². The van der Waals surface area contributed by atoms with Crippen molar-refractivity contribution < 1.29 is 10.2 Å². The quantitative estimate of drug-likeness (QED) is 0.570. The van der Waals surface area contributed by atoms with Gasteiger partial charge in [0.15, 0.2) is 0 Å². The van der Waals surface area contributed by atoms with E-state index in [1.807, 2.05) is 0 Å². The number of hydrogen-bond donors (Lipinski definition) is 3. The second-order valence-electron chi connectivity index (χ2n) is 12.8. The van der Waals surface area contributed by atoms with Crippen LogP contribution >= 0.6 is 0 Å². The Bertz CT molecular complexity index is 802. The predicted molar refractivity (Wildman–Crippen MR) is 128 cm³/mol. The van der Waals surface area contributed by atoms with Crippen LogP contribution in [-0.2, 0) is 6.42 Å². The Balaban J connectivity index is 1.34. The molecule has 4 saturated carbocycles. The Morgan fingerprint density at radius 3 is 2.52 bits per heavy atom. The Morgan fingerprint density at radius 1 is 1.03 bits per heavy atom. The summed E-state index contributed by atoms with van der Waals surface area (Å²) in [4.78, 5) is 0. The summed E-state index contributed by atoms with van der Waals surface area (Å²) in [6, 6.07) is 0. The predicted octanol–water partition coefficient (Wildman–Crippen LogP) is 4.79. The van der Waals surface area contributed by atoms with Gasteiger partial charge in [-0.2, -0.15) is 0 Å². The topological polar surface area (TPSA) is 94.9 Å². The van der Waals surface area contributed by atoms with Gasteiger partial charge in [-0.1, -0.05) is 34.1 Å². The first-order valence-corrected chi connectivity index (χ1v) is 13.9. The number of aromatic amines is 1. The number of nitrogens with zero attached hydrogens (tertiary/aromatic N) is 3. The van der Waals surface area contributed by atoms with Crippen molar-refractivity contribution in [1.82, 2.24) is 20.6 Å². The zero-order chi connectivity index (χ0) is 23.4. The van der Waals surface area contributed by atoms with Gasteiger partial charge in [0.25, 0.3) is 0 Å². The summed E-state index contributed by atoms with van der Waals surface area (Å²) < 4.78 is 0. The number of fused-ring (bicyclic) bond motifs is 5. The Labute approximate surface area is 199 Å². The number of aliphatic hydroxyl groups excluding tert-OH is 2. The Kier molecular flexibility index (Phi) is 6.39. The van der Waals surface area contributed by atoms with Crippen molar-refractivity contribution in [1.29, 1.82) is 0 Å². The van der Waals surface area contributed by atoms with Gasteiger partial charge < -0.3 is 10.2 Å². The molecule has 0 radical (unpaired) electrons. The van der Waals surface area contributed by atoms with Gasteiger partial charge in [-0.05, 0) is 120 Å². The van der Waals surface area contributed by atoms with Gasteiger partial charge in [0.05, 0.1) is 12.2 Å². The Hall–Kier alpha value is -1.01. The van der Waals surface area contributed by atoms with Gasteiger partial charge in [0, 0.05) is 6.42 Å². The van der Waals surface area contributed by atoms with E-state index in [0.717, 1.165) is 50.3 Å². The largest absolute Gasteiger partial charge is 0.393 e. The molecule has 5 rings (SSSR count). The lowest BCUT2D eigenvalue weighted by molar-refractivity contribution is -0.203. The van der Waals surface area contributed by atoms with Crippen molar-refractivity contribution >= 4 is 0 Å². The molecule has 1 heterocycles. The first kappa shape index (κ1) is 23.7. The first-order valence-electron chi connectivity index (χ1n) is 13.9. The fourth-order valence-corrected chi connectivity index (χ4v) is 10.0. The minimum atomic E-state index is -0.194. The standard InChI is InChI=1S/C27H46N4O2/c1-5-18-22-15-17(32)11-13-27(22,4)21-12-14-26(3)19(9-10-20(26)24(21)25(18)33)16(2)7-6-8-23-28-30-31-29-23/h16-22,24-25,32-33H,5-15H2,1-4H3,(H,28,29,30,31)/t16-,17-,18-,19-,20+,21+,22+,24+,25-,26-,27-/m1/s1. The van der Waals surface area contributed by atoms with E-state index in [0.29, 0.717) is 46.3 Å². The number of nitrogens with one attached hydrogen (secondary N) is 1. The second-order valence-corrected chi connectivity index (χ2v) is 12.8. The molecule has 3 N–H and O–H groups in total. The van der Waals surface area contributed by atoms with Gasteiger partial charge in [-0.15, -0.1) is 5.10 Å². The fraction of sp³-hybridized carbons (Fsp3) is 0.963. The smallest absolute Gasteiger partial charge is 0.148 e. The highest BCUT2D eigenvalue weighted by Gasteiger charge is 2.64. The van der Waals surface area contributed by atoms with E-state index in [2.05, 4.69) is 48.3 Å². The summed E-state index contributed by atoms with van der Waals surface area (Å²) in [6.45, 7) is 9.84. The molecule has 0 unspecified atom stereocenters. The van der Waals surface area contributed by atoms with Crippen molar-refractivity contribution in [3.8, 4) is 0 Å². The van der Waals surface area contributed by atoms with Crippen molar-refractivity contribution in [3.63, 3.8) is 0 Å². The van der Waals surface area contributed by atoms with Crippen LogP contribution in [0.2, 0.25) is 0 Å². The van der Waals surface area contributed by atoms with E-state index in [-0.39, 0.29) is 12.2 Å². The van der Waals surface area contributed by atoms with Crippen LogP contribution in [0.1, 0.15) is 97.7 Å². The molecule has 1 aromatic heterocycles. The maximum Gasteiger partial charge on any atom is 0.148 e. The molecule has 4 aliphatic rings. The zero-order valence-electron chi connectivity index (χ0n) is 21.2. The third-order valence-electron chi connectivity index (χ3n) is 11.6. The van der Waals surface area contributed by atoms with E-state index in [9.17, 15) is 10.2 Å². The molecule has 6 nitrogen and oxygen atoms in total. The van der Waals surface area contributed by atoms with Gasteiger partial charge in [-0.25, -0.2) is 5.10 Å². The van der Waals surface area contributed by atoms with Crippen LogP contribution in [0, 0.1) is 52.3 Å². The molecular weight excluding hydrogens is 412 g/mol. The average molecular weight is 459 g/mol.